The smallest absolute Gasteiger partial charge is 0.320 e. The Morgan fingerprint density at radius 3 is 3.06 bits per heavy atom. The number of nitrogens with one attached hydrogen (secondary N) is 2. The molecule has 0 saturated heterocycles. The Morgan fingerprint density at radius 2 is 2.39 bits per heavy atom. The average Bonchev–Trinajstić information content (AvgIpc) is 2.76. The summed E-state index contributed by atoms with van der Waals surface area (Å²) in [5.41, 5.74) is 0.937. The SMILES string of the molecule is Cc1cccnc1NC(=O)NCc1cc(Br)cs1. The maximum atomic E-state index is 11.7. The van der Waals surface area contributed by atoms with Crippen molar-refractivity contribution in [2.45, 2.75) is 13.5 Å². The van der Waals surface area contributed by atoms with Gasteiger partial charge >= 0.3 is 6.03 Å². The third-order valence-electron chi connectivity index (χ3n) is 2.29. The average molecular weight is 326 g/mol. The number of carbonyl (C=O) groups excluding carboxylic acids is 1. The van der Waals surface area contributed by atoms with Crippen molar-refractivity contribution >= 4 is 39.1 Å². The summed E-state index contributed by atoms with van der Waals surface area (Å²) in [6.07, 6.45) is 1.65. The molecule has 2 rings (SSSR count). The highest BCUT2D eigenvalue weighted by molar-refractivity contribution is 9.10. The van der Waals surface area contributed by atoms with Gasteiger partial charge in [-0.2, -0.15) is 0 Å². The summed E-state index contributed by atoms with van der Waals surface area (Å²) in [5, 5.41) is 7.49. The van der Waals surface area contributed by atoms with Gasteiger partial charge in [0.2, 0.25) is 0 Å². The Bertz CT molecular complexity index is 556. The fourth-order valence-electron chi connectivity index (χ4n) is 1.38. The van der Waals surface area contributed by atoms with Crippen molar-refractivity contribution in [1.29, 1.82) is 0 Å². The van der Waals surface area contributed by atoms with Crippen molar-refractivity contribution < 1.29 is 4.79 Å². The van der Waals surface area contributed by atoms with Gasteiger partial charge in [-0.05, 0) is 40.5 Å². The zero-order valence-corrected chi connectivity index (χ0v) is 12.1. The molecule has 4 nitrogen and oxygen atoms in total. The van der Waals surface area contributed by atoms with Gasteiger partial charge in [-0.3, -0.25) is 5.32 Å². The van der Waals surface area contributed by atoms with Crippen LogP contribution in [0, 0.1) is 6.92 Å². The minimum atomic E-state index is -0.249. The lowest BCUT2D eigenvalue weighted by atomic mass is 10.3. The van der Waals surface area contributed by atoms with Gasteiger partial charge in [0.05, 0.1) is 6.54 Å². The number of hydrogen-bond acceptors (Lipinski definition) is 3. The van der Waals surface area contributed by atoms with Gasteiger partial charge in [0, 0.05) is 20.9 Å². The van der Waals surface area contributed by atoms with Crippen molar-refractivity contribution in [1.82, 2.24) is 10.3 Å². The summed E-state index contributed by atoms with van der Waals surface area (Å²) < 4.78 is 1.03. The summed E-state index contributed by atoms with van der Waals surface area (Å²) in [7, 11) is 0. The van der Waals surface area contributed by atoms with E-state index in [1.165, 1.54) is 0 Å². The zero-order valence-electron chi connectivity index (χ0n) is 9.74. The van der Waals surface area contributed by atoms with Crippen molar-refractivity contribution in [3.8, 4) is 0 Å². The van der Waals surface area contributed by atoms with E-state index < -0.39 is 0 Å². The molecule has 0 aromatic carbocycles. The van der Waals surface area contributed by atoms with Crippen LogP contribution in [0.5, 0.6) is 0 Å². The number of amides is 2. The monoisotopic (exact) mass is 325 g/mol. The van der Waals surface area contributed by atoms with Crippen LogP contribution in [0.25, 0.3) is 0 Å². The summed E-state index contributed by atoms with van der Waals surface area (Å²) in [5.74, 6) is 0.586. The number of rotatable bonds is 3. The van der Waals surface area contributed by atoms with Gasteiger partial charge in [-0.1, -0.05) is 6.07 Å². The van der Waals surface area contributed by atoms with Gasteiger partial charge in [-0.15, -0.1) is 11.3 Å². The molecule has 2 amide bonds. The molecule has 0 fully saturated rings. The Labute approximate surface area is 118 Å². The Morgan fingerprint density at radius 1 is 1.56 bits per heavy atom. The first-order valence-electron chi connectivity index (χ1n) is 5.34. The number of halogens is 1. The normalized spacial score (nSPS) is 10.1. The molecule has 0 unspecified atom stereocenters. The predicted octanol–water partition coefficient (Wildman–Crippen LogP) is 3.54. The molecule has 0 atom stereocenters. The van der Waals surface area contributed by atoms with E-state index in [-0.39, 0.29) is 6.03 Å². The van der Waals surface area contributed by atoms with Crippen molar-refractivity contribution in [2.24, 2.45) is 0 Å². The Kier molecular flexibility index (Phi) is 4.33. The lowest BCUT2D eigenvalue weighted by molar-refractivity contribution is 0.251. The topological polar surface area (TPSA) is 54.0 Å². The number of aromatic nitrogens is 1. The first kappa shape index (κ1) is 13.0. The van der Waals surface area contributed by atoms with Crippen molar-refractivity contribution in [3.05, 3.63) is 44.7 Å². The first-order valence-corrected chi connectivity index (χ1v) is 7.02. The molecule has 0 aliphatic heterocycles. The number of aryl methyl sites for hydroxylation is 1. The molecule has 6 heteroatoms. The van der Waals surface area contributed by atoms with E-state index in [2.05, 4.69) is 31.5 Å². The van der Waals surface area contributed by atoms with E-state index in [4.69, 9.17) is 0 Å². The number of thiophene rings is 1. The van der Waals surface area contributed by atoms with Crippen LogP contribution in [-0.2, 0) is 6.54 Å². The highest BCUT2D eigenvalue weighted by Crippen LogP contribution is 2.19. The molecule has 0 saturated carbocycles. The molecule has 2 aromatic rings. The lowest BCUT2D eigenvalue weighted by Crippen LogP contribution is -2.28. The first-order chi connectivity index (χ1) is 8.65. The van der Waals surface area contributed by atoms with Gasteiger partial charge in [0.1, 0.15) is 5.82 Å². The molecule has 0 spiro atoms. The van der Waals surface area contributed by atoms with Crippen LogP contribution in [0.15, 0.2) is 34.2 Å². The van der Waals surface area contributed by atoms with Gasteiger partial charge in [-0.25, -0.2) is 9.78 Å². The number of carbonyl (C=O) groups is 1. The van der Waals surface area contributed by atoms with Crippen LogP contribution in [0.2, 0.25) is 0 Å². The Balaban J connectivity index is 1.88. The second-order valence-corrected chi connectivity index (χ2v) is 5.62. The third kappa shape index (κ3) is 3.54. The molecule has 2 aromatic heterocycles. The lowest BCUT2D eigenvalue weighted by Gasteiger charge is -2.07. The van der Waals surface area contributed by atoms with E-state index in [9.17, 15) is 4.79 Å². The van der Waals surface area contributed by atoms with Crippen LogP contribution in [0.3, 0.4) is 0 Å². The van der Waals surface area contributed by atoms with Crippen LogP contribution in [-0.4, -0.2) is 11.0 Å². The zero-order chi connectivity index (χ0) is 13.0. The molecule has 0 bridgehead atoms. The fraction of sp³-hybridized carbons (Fsp3) is 0.167. The predicted molar refractivity (Wildman–Crippen MR) is 76.9 cm³/mol. The molecule has 2 heterocycles. The molecular formula is C12H12BrN3OS. The van der Waals surface area contributed by atoms with E-state index in [1.807, 2.05) is 30.5 Å². The van der Waals surface area contributed by atoms with Gasteiger partial charge in [0.25, 0.3) is 0 Å². The standard InChI is InChI=1S/C12H12BrN3OS/c1-8-3-2-4-14-11(8)16-12(17)15-6-10-5-9(13)7-18-10/h2-5,7H,6H2,1H3,(H2,14,15,16,17). The molecule has 0 aliphatic carbocycles. The largest absolute Gasteiger partial charge is 0.333 e. The van der Waals surface area contributed by atoms with Gasteiger partial charge < -0.3 is 5.32 Å². The number of urea groups is 1. The van der Waals surface area contributed by atoms with E-state index in [0.29, 0.717) is 12.4 Å². The molecule has 18 heavy (non-hydrogen) atoms. The van der Waals surface area contributed by atoms with Gasteiger partial charge in [0.15, 0.2) is 0 Å². The molecule has 0 aliphatic rings. The van der Waals surface area contributed by atoms with E-state index >= 15 is 0 Å². The highest BCUT2D eigenvalue weighted by atomic mass is 79.9. The quantitative estimate of drug-likeness (QED) is 0.906. The molecule has 2 N–H and O–H groups in total. The molecule has 94 valence electrons. The second kappa shape index (κ2) is 5.97. The van der Waals surface area contributed by atoms with E-state index in [0.717, 1.165) is 14.9 Å². The number of nitrogens with zero attached hydrogens (tertiary/aromatic N) is 1. The summed E-state index contributed by atoms with van der Waals surface area (Å²) in [4.78, 5) is 16.9. The minimum Gasteiger partial charge on any atom is -0.333 e. The third-order valence-corrected chi connectivity index (χ3v) is 3.98. The fourth-order valence-corrected chi connectivity index (χ4v) is 2.77. The maximum Gasteiger partial charge on any atom is 0.320 e. The second-order valence-electron chi connectivity index (χ2n) is 3.71. The summed E-state index contributed by atoms with van der Waals surface area (Å²) in [6.45, 7) is 2.41. The minimum absolute atomic E-state index is 0.249. The molecular weight excluding hydrogens is 314 g/mol. The van der Waals surface area contributed by atoms with E-state index in [1.54, 1.807) is 17.5 Å². The van der Waals surface area contributed by atoms with Crippen molar-refractivity contribution in [2.75, 3.05) is 5.32 Å². The number of anilines is 1. The van der Waals surface area contributed by atoms with Crippen LogP contribution in [0.4, 0.5) is 10.6 Å². The van der Waals surface area contributed by atoms with Crippen molar-refractivity contribution in [3.63, 3.8) is 0 Å². The number of hydrogen-bond donors (Lipinski definition) is 2. The van der Waals surface area contributed by atoms with Crippen LogP contribution < -0.4 is 10.6 Å². The summed E-state index contributed by atoms with van der Waals surface area (Å²) >= 11 is 4.97. The summed E-state index contributed by atoms with van der Waals surface area (Å²) in [6, 6.07) is 5.47. The number of pyridine rings is 1. The maximum absolute atomic E-state index is 11.7. The Hall–Kier alpha value is -1.40. The molecule has 0 radical (unpaired) electrons. The van der Waals surface area contributed by atoms with Crippen LogP contribution >= 0.6 is 27.3 Å². The van der Waals surface area contributed by atoms with Crippen LogP contribution in [0.1, 0.15) is 10.4 Å². The highest BCUT2D eigenvalue weighted by Gasteiger charge is 2.05.